The molecule has 0 amide bonds. The van der Waals surface area contributed by atoms with Gasteiger partial charge in [0.2, 0.25) is 0 Å². The molecule has 0 saturated carbocycles. The van der Waals surface area contributed by atoms with Crippen molar-refractivity contribution in [3.8, 4) is 0 Å². The quantitative estimate of drug-likeness (QED) is 0.585. The molecule has 0 aromatic carbocycles. The van der Waals surface area contributed by atoms with E-state index in [-0.39, 0.29) is 0 Å². The van der Waals surface area contributed by atoms with Gasteiger partial charge in [-0.3, -0.25) is 0 Å². The Hall–Kier alpha value is 0.390. The van der Waals surface area contributed by atoms with Gasteiger partial charge in [0.15, 0.2) is 0 Å². The van der Waals surface area contributed by atoms with Crippen molar-refractivity contribution in [1.82, 2.24) is 0 Å². The summed E-state index contributed by atoms with van der Waals surface area (Å²) in [6.45, 7) is 6.62. The average Bonchev–Trinajstić information content (AvgIpc) is 1.87. The summed E-state index contributed by atoms with van der Waals surface area (Å²) in [6.07, 6.45) is 3.71. The number of hydrogen-bond donors (Lipinski definition) is 1. The maximum absolute atomic E-state index is 6.03. The Kier molecular flexibility index (Phi) is 3.59. The Morgan fingerprint density at radius 2 is 1.25 bits per heavy atom. The molecular formula is C6H18NP. The van der Waals surface area contributed by atoms with Crippen molar-refractivity contribution in [1.29, 1.82) is 0 Å². The number of hydrogen-bond acceptors (Lipinski definition) is 1. The Labute approximate surface area is 53.0 Å². The molecule has 0 atom stereocenters. The zero-order valence-corrected chi connectivity index (χ0v) is 7.20. The first-order chi connectivity index (χ1) is 3.68. The van der Waals surface area contributed by atoms with Gasteiger partial charge >= 0.3 is 52.2 Å². The first-order valence-electron chi connectivity index (χ1n) is 3.47. The third-order valence-corrected chi connectivity index (χ3v) is 6.34. The molecule has 52 valence electrons. The van der Waals surface area contributed by atoms with Gasteiger partial charge in [-0.25, -0.2) is 0 Å². The topological polar surface area (TPSA) is 26.0 Å². The molecule has 1 nitrogen and oxygen atoms in total. The molecule has 0 aliphatic carbocycles. The molecule has 0 aliphatic rings. The van der Waals surface area contributed by atoms with E-state index in [1.54, 1.807) is 0 Å². The molecule has 2 heteroatoms. The summed E-state index contributed by atoms with van der Waals surface area (Å²) in [5.74, 6) is 0. The average molecular weight is 135 g/mol. The molecule has 0 bridgehead atoms. The molecular weight excluding hydrogens is 117 g/mol. The molecule has 0 aromatic rings. The van der Waals surface area contributed by atoms with Crippen LogP contribution in [-0.2, 0) is 0 Å². The van der Waals surface area contributed by atoms with Gasteiger partial charge in [-0.05, 0) is 0 Å². The fourth-order valence-corrected chi connectivity index (χ4v) is 2.25. The van der Waals surface area contributed by atoms with Gasteiger partial charge in [0, 0.05) is 0 Å². The second-order valence-corrected chi connectivity index (χ2v) is 7.27. The van der Waals surface area contributed by atoms with E-state index in [1.807, 2.05) is 0 Å². The Bertz CT molecular complexity index is 51.3. The SMILES string of the molecule is CC[PH](N)(CC)CC. The molecule has 0 rings (SSSR count). The van der Waals surface area contributed by atoms with Crippen molar-refractivity contribution in [2.75, 3.05) is 18.5 Å². The van der Waals surface area contributed by atoms with Gasteiger partial charge in [0.25, 0.3) is 0 Å². The summed E-state index contributed by atoms with van der Waals surface area (Å²) in [7, 11) is -1.17. The molecule has 8 heavy (non-hydrogen) atoms. The molecule has 0 aliphatic heterocycles. The van der Waals surface area contributed by atoms with E-state index in [9.17, 15) is 0 Å². The number of nitrogens with two attached hydrogens (primary N) is 1. The van der Waals surface area contributed by atoms with Gasteiger partial charge in [-0.1, -0.05) is 0 Å². The van der Waals surface area contributed by atoms with Crippen molar-refractivity contribution in [2.24, 2.45) is 5.50 Å². The van der Waals surface area contributed by atoms with Crippen LogP contribution in [0.15, 0.2) is 0 Å². The predicted octanol–water partition coefficient (Wildman–Crippen LogP) is 1.67. The van der Waals surface area contributed by atoms with E-state index < -0.39 is 7.41 Å². The van der Waals surface area contributed by atoms with Gasteiger partial charge < -0.3 is 0 Å². The minimum atomic E-state index is -1.17. The van der Waals surface area contributed by atoms with Crippen LogP contribution in [0.25, 0.3) is 0 Å². The van der Waals surface area contributed by atoms with E-state index >= 15 is 0 Å². The maximum atomic E-state index is 6.03. The Balaban J connectivity index is 3.58. The van der Waals surface area contributed by atoms with Gasteiger partial charge in [0.1, 0.15) is 0 Å². The second-order valence-electron chi connectivity index (χ2n) is 2.42. The van der Waals surface area contributed by atoms with Crippen LogP contribution in [0, 0.1) is 0 Å². The summed E-state index contributed by atoms with van der Waals surface area (Å²) < 4.78 is 0. The van der Waals surface area contributed by atoms with E-state index in [0.29, 0.717) is 0 Å². The molecule has 0 saturated heterocycles. The number of rotatable bonds is 3. The molecule has 0 heterocycles. The van der Waals surface area contributed by atoms with E-state index in [4.69, 9.17) is 5.50 Å². The van der Waals surface area contributed by atoms with Crippen LogP contribution < -0.4 is 5.50 Å². The standard InChI is InChI=1S/C6H18NP/c1-4-8(7,5-2)6-3/h8H,4-7H2,1-3H3. The van der Waals surface area contributed by atoms with Crippen molar-refractivity contribution in [3.05, 3.63) is 0 Å². The molecule has 0 fully saturated rings. The summed E-state index contributed by atoms with van der Waals surface area (Å²) in [5, 5.41) is 0. The zero-order chi connectivity index (χ0) is 6.62. The van der Waals surface area contributed by atoms with Crippen molar-refractivity contribution >= 4 is 7.41 Å². The van der Waals surface area contributed by atoms with Crippen LogP contribution in [0.2, 0.25) is 0 Å². The molecule has 0 unspecified atom stereocenters. The fraction of sp³-hybridized carbons (Fsp3) is 1.00. The van der Waals surface area contributed by atoms with Crippen LogP contribution in [-0.4, -0.2) is 18.5 Å². The van der Waals surface area contributed by atoms with Gasteiger partial charge in [-0.15, -0.1) is 0 Å². The van der Waals surface area contributed by atoms with Crippen molar-refractivity contribution in [2.45, 2.75) is 20.8 Å². The summed E-state index contributed by atoms with van der Waals surface area (Å²) >= 11 is 0. The van der Waals surface area contributed by atoms with Crippen molar-refractivity contribution < 1.29 is 0 Å². The third kappa shape index (κ3) is 2.11. The predicted molar refractivity (Wildman–Crippen MR) is 44.1 cm³/mol. The fourth-order valence-electron chi connectivity index (χ4n) is 0.750. The van der Waals surface area contributed by atoms with Gasteiger partial charge in [-0.2, -0.15) is 0 Å². The normalized spacial score (nSPS) is 14.0. The Morgan fingerprint density at radius 1 is 1.00 bits per heavy atom. The van der Waals surface area contributed by atoms with Crippen LogP contribution in [0.5, 0.6) is 0 Å². The Morgan fingerprint density at radius 3 is 1.25 bits per heavy atom. The summed E-state index contributed by atoms with van der Waals surface area (Å²) in [5.41, 5.74) is 6.03. The summed E-state index contributed by atoms with van der Waals surface area (Å²) in [4.78, 5) is 0. The second kappa shape index (κ2) is 3.42. The van der Waals surface area contributed by atoms with Gasteiger partial charge in [0.05, 0.1) is 0 Å². The monoisotopic (exact) mass is 135 g/mol. The minimum absolute atomic E-state index is 1.17. The van der Waals surface area contributed by atoms with Crippen LogP contribution >= 0.6 is 7.41 Å². The molecule has 0 radical (unpaired) electrons. The van der Waals surface area contributed by atoms with E-state index in [1.165, 1.54) is 18.5 Å². The summed E-state index contributed by atoms with van der Waals surface area (Å²) in [6, 6.07) is 0. The van der Waals surface area contributed by atoms with E-state index in [2.05, 4.69) is 20.8 Å². The first kappa shape index (κ1) is 8.39. The molecule has 0 aromatic heterocycles. The van der Waals surface area contributed by atoms with Crippen LogP contribution in [0.1, 0.15) is 20.8 Å². The third-order valence-electron chi connectivity index (χ3n) is 2.11. The first-order valence-corrected chi connectivity index (χ1v) is 6.17. The van der Waals surface area contributed by atoms with Crippen LogP contribution in [0.3, 0.4) is 0 Å². The van der Waals surface area contributed by atoms with Crippen molar-refractivity contribution in [3.63, 3.8) is 0 Å². The zero-order valence-electron chi connectivity index (χ0n) is 6.20. The molecule has 0 spiro atoms. The van der Waals surface area contributed by atoms with E-state index in [0.717, 1.165) is 0 Å². The van der Waals surface area contributed by atoms with Crippen LogP contribution in [0.4, 0.5) is 0 Å². The molecule has 2 N–H and O–H groups in total.